The monoisotopic (exact) mass is 340 g/mol. The van der Waals surface area contributed by atoms with E-state index in [1.54, 1.807) is 0 Å². The molecule has 10 N–H and O–H groups in total. The molecule has 11 nitrogen and oxygen atoms in total. The summed E-state index contributed by atoms with van der Waals surface area (Å²) in [6.45, 7) is -0.296. The fraction of sp³-hybridized carbons (Fsp3) is 1.00. The maximum atomic E-state index is 10.0. The van der Waals surface area contributed by atoms with E-state index in [1.165, 1.54) is 0 Å². The molecular formula is C12H24N2O9. The Morgan fingerprint density at radius 2 is 1.30 bits per heavy atom. The van der Waals surface area contributed by atoms with Gasteiger partial charge in [-0.1, -0.05) is 0 Å². The first-order chi connectivity index (χ1) is 10.8. The van der Waals surface area contributed by atoms with Gasteiger partial charge in [-0.05, 0) is 0 Å². The van der Waals surface area contributed by atoms with Gasteiger partial charge in [-0.25, -0.2) is 0 Å². The molecule has 0 aliphatic carbocycles. The molecule has 0 amide bonds. The van der Waals surface area contributed by atoms with Crippen molar-refractivity contribution in [3.63, 3.8) is 0 Å². The Balaban J connectivity index is 2.11. The van der Waals surface area contributed by atoms with Crippen LogP contribution in [0, 0.1) is 0 Å². The van der Waals surface area contributed by atoms with E-state index in [4.69, 9.17) is 25.7 Å². The van der Waals surface area contributed by atoms with Crippen LogP contribution in [0.3, 0.4) is 0 Å². The van der Waals surface area contributed by atoms with Crippen LogP contribution < -0.4 is 11.5 Å². The normalized spacial score (nSPS) is 51.7. The summed E-state index contributed by atoms with van der Waals surface area (Å²) in [6, 6.07) is 0. The van der Waals surface area contributed by atoms with Crippen molar-refractivity contribution in [1.82, 2.24) is 0 Å². The molecule has 6 unspecified atom stereocenters. The molecule has 2 aliphatic rings. The molecule has 2 fully saturated rings. The minimum atomic E-state index is -1.65. The number of rotatable bonds is 4. The molecule has 2 heterocycles. The molecule has 0 aromatic heterocycles. The average molecular weight is 340 g/mol. The molecule has 2 aliphatic heterocycles. The van der Waals surface area contributed by atoms with E-state index >= 15 is 0 Å². The maximum Gasteiger partial charge on any atom is 0.187 e. The second kappa shape index (κ2) is 7.63. The Hall–Kier alpha value is -0.440. The van der Waals surface area contributed by atoms with Crippen molar-refractivity contribution >= 4 is 0 Å². The van der Waals surface area contributed by atoms with E-state index in [0.717, 1.165) is 0 Å². The van der Waals surface area contributed by atoms with Gasteiger partial charge in [-0.3, -0.25) is 0 Å². The maximum absolute atomic E-state index is 10.0. The zero-order valence-corrected chi connectivity index (χ0v) is 12.3. The lowest BCUT2D eigenvalue weighted by molar-refractivity contribution is -0.349. The Morgan fingerprint density at radius 1 is 0.696 bits per heavy atom. The Labute approximate surface area is 132 Å². The smallest absolute Gasteiger partial charge is 0.187 e. The van der Waals surface area contributed by atoms with E-state index < -0.39 is 61.4 Å². The van der Waals surface area contributed by atoms with Crippen molar-refractivity contribution in [2.24, 2.45) is 11.5 Å². The van der Waals surface area contributed by atoms with Crippen LogP contribution in [-0.4, -0.2) is 105 Å². The molecule has 11 heteroatoms. The first-order valence-electron chi connectivity index (χ1n) is 7.26. The summed E-state index contributed by atoms with van der Waals surface area (Å²) in [4.78, 5) is 0. The molecule has 0 spiro atoms. The van der Waals surface area contributed by atoms with Gasteiger partial charge in [0.15, 0.2) is 12.6 Å². The van der Waals surface area contributed by atoms with Crippen LogP contribution >= 0.6 is 0 Å². The van der Waals surface area contributed by atoms with Crippen LogP contribution in [0.4, 0.5) is 0 Å². The second-order valence-corrected chi connectivity index (χ2v) is 5.63. The van der Waals surface area contributed by atoms with Gasteiger partial charge in [0.05, 0.1) is 0 Å². The third-order valence-corrected chi connectivity index (χ3v) is 4.08. The van der Waals surface area contributed by atoms with Crippen LogP contribution in [0.1, 0.15) is 0 Å². The second-order valence-electron chi connectivity index (χ2n) is 5.63. The minimum absolute atomic E-state index is 0.143. The highest BCUT2D eigenvalue weighted by Crippen LogP contribution is 2.28. The largest absolute Gasteiger partial charge is 0.388 e. The number of aliphatic hydroxyl groups excluding tert-OH is 6. The number of ether oxygens (including phenoxy) is 3. The van der Waals surface area contributed by atoms with Crippen molar-refractivity contribution in [3.8, 4) is 0 Å². The SMILES string of the molecule is NCC1O[C@@H](O[C@@H]2C(CN)O[C@@H](O)C(O)C2O)C(O)C(O)[C@H]1O. The van der Waals surface area contributed by atoms with Gasteiger partial charge in [0.25, 0.3) is 0 Å². The summed E-state index contributed by atoms with van der Waals surface area (Å²) in [7, 11) is 0. The van der Waals surface area contributed by atoms with E-state index in [-0.39, 0.29) is 13.1 Å². The zero-order chi connectivity index (χ0) is 17.3. The molecule has 0 aromatic carbocycles. The molecule has 0 aromatic rings. The Morgan fingerprint density at radius 3 is 1.87 bits per heavy atom. The van der Waals surface area contributed by atoms with Gasteiger partial charge in [-0.2, -0.15) is 0 Å². The van der Waals surface area contributed by atoms with E-state index in [0.29, 0.717) is 0 Å². The van der Waals surface area contributed by atoms with Crippen molar-refractivity contribution in [1.29, 1.82) is 0 Å². The van der Waals surface area contributed by atoms with Crippen LogP contribution in [0.5, 0.6) is 0 Å². The van der Waals surface area contributed by atoms with Crippen LogP contribution in [-0.2, 0) is 14.2 Å². The van der Waals surface area contributed by atoms with Crippen molar-refractivity contribution < 1.29 is 44.8 Å². The van der Waals surface area contributed by atoms with Gasteiger partial charge >= 0.3 is 0 Å². The molecule has 0 saturated carbocycles. The first kappa shape index (κ1) is 18.9. The summed E-state index contributed by atoms with van der Waals surface area (Å²) in [5, 5.41) is 58.6. The fourth-order valence-corrected chi connectivity index (χ4v) is 2.66. The summed E-state index contributed by atoms with van der Waals surface area (Å²) < 4.78 is 15.7. The molecule has 10 atom stereocenters. The lowest BCUT2D eigenvalue weighted by Gasteiger charge is -2.45. The van der Waals surface area contributed by atoms with Crippen LogP contribution in [0.25, 0.3) is 0 Å². The topological polar surface area (TPSA) is 201 Å². The fourth-order valence-electron chi connectivity index (χ4n) is 2.66. The highest BCUT2D eigenvalue weighted by Gasteiger charge is 2.49. The van der Waals surface area contributed by atoms with Crippen LogP contribution in [0.15, 0.2) is 0 Å². The predicted octanol–water partition coefficient (Wildman–Crippen LogP) is -5.46. The number of aliphatic hydroxyl groups is 6. The number of hydrogen-bond donors (Lipinski definition) is 8. The number of hydrogen-bond acceptors (Lipinski definition) is 11. The molecule has 0 radical (unpaired) electrons. The molecule has 2 saturated heterocycles. The van der Waals surface area contributed by atoms with Gasteiger partial charge in [-0.15, -0.1) is 0 Å². The van der Waals surface area contributed by atoms with Gasteiger partial charge in [0.2, 0.25) is 0 Å². The standard InChI is InChI=1S/C12H24N2O9/c13-1-3-5(15)6(16)9(19)12(22-3)23-10-4(2-14)21-11(20)8(18)7(10)17/h3-12,15-20H,1-2,13-14H2/t3?,4?,5-,6?,7?,8?,9?,10+,11+,12-/m0/s1. The lowest BCUT2D eigenvalue weighted by Crippen LogP contribution is -2.65. The highest BCUT2D eigenvalue weighted by atomic mass is 16.7. The Kier molecular flexibility index (Phi) is 6.27. The van der Waals surface area contributed by atoms with Crippen molar-refractivity contribution in [2.75, 3.05) is 13.1 Å². The van der Waals surface area contributed by atoms with E-state index in [1.807, 2.05) is 0 Å². The minimum Gasteiger partial charge on any atom is -0.388 e. The third kappa shape index (κ3) is 3.65. The quantitative estimate of drug-likeness (QED) is 0.242. The van der Waals surface area contributed by atoms with Crippen molar-refractivity contribution in [3.05, 3.63) is 0 Å². The molecule has 23 heavy (non-hydrogen) atoms. The predicted molar refractivity (Wildman–Crippen MR) is 72.6 cm³/mol. The molecule has 0 bridgehead atoms. The highest BCUT2D eigenvalue weighted by molar-refractivity contribution is 4.94. The van der Waals surface area contributed by atoms with Crippen molar-refractivity contribution in [2.45, 2.75) is 61.4 Å². The van der Waals surface area contributed by atoms with Gasteiger partial charge in [0, 0.05) is 13.1 Å². The molecule has 136 valence electrons. The number of nitrogens with two attached hydrogens (primary N) is 2. The van der Waals surface area contributed by atoms with Gasteiger partial charge in [0.1, 0.15) is 48.8 Å². The summed E-state index contributed by atoms with van der Waals surface area (Å²) in [6.07, 6.45) is -14.1. The summed E-state index contributed by atoms with van der Waals surface area (Å²) in [5.41, 5.74) is 10.9. The van der Waals surface area contributed by atoms with E-state index in [2.05, 4.69) is 0 Å². The molecule has 2 rings (SSSR count). The average Bonchev–Trinajstić information content (AvgIpc) is 2.55. The first-order valence-corrected chi connectivity index (χ1v) is 7.26. The summed E-state index contributed by atoms with van der Waals surface area (Å²) >= 11 is 0. The summed E-state index contributed by atoms with van der Waals surface area (Å²) in [5.74, 6) is 0. The third-order valence-electron chi connectivity index (χ3n) is 4.08. The zero-order valence-electron chi connectivity index (χ0n) is 12.3. The Bertz CT molecular complexity index is 386. The van der Waals surface area contributed by atoms with Gasteiger partial charge < -0.3 is 56.3 Å². The van der Waals surface area contributed by atoms with Crippen LogP contribution in [0.2, 0.25) is 0 Å². The molecular weight excluding hydrogens is 316 g/mol. The van der Waals surface area contributed by atoms with E-state index in [9.17, 15) is 30.6 Å². The lowest BCUT2D eigenvalue weighted by atomic mass is 9.96.